The molecule has 68 valence electrons. The highest BCUT2D eigenvalue weighted by Gasteiger charge is 2.13. The molecule has 0 aromatic heterocycles. The van der Waals surface area contributed by atoms with Gasteiger partial charge in [0.25, 0.3) is 0 Å². The highest BCUT2D eigenvalue weighted by atomic mass is 17.0. The molecule has 0 saturated carbocycles. The molecule has 1 N–H and O–H groups in total. The number of benzene rings is 1. The zero-order valence-corrected chi connectivity index (χ0v) is 6.34. The number of para-hydroxylation sites is 1. The zero-order chi connectivity index (χ0) is 9.84. The Morgan fingerprint density at radius 2 is 2.08 bits per heavy atom. The van der Waals surface area contributed by atoms with Gasteiger partial charge in [0, 0.05) is 0 Å². The Labute approximate surface area is 72.5 Å². The molecule has 0 aliphatic carbocycles. The normalized spacial score (nSPS) is 9.23. The summed E-state index contributed by atoms with van der Waals surface area (Å²) < 4.78 is 0. The van der Waals surface area contributed by atoms with Gasteiger partial charge in [0.2, 0.25) is 0 Å². The van der Waals surface area contributed by atoms with Crippen LogP contribution in [0.5, 0.6) is 5.75 Å². The first kappa shape index (κ1) is 8.98. The molecule has 0 atom stereocenters. The third kappa shape index (κ3) is 2.16. The van der Waals surface area contributed by atoms with Crippen molar-refractivity contribution in [2.24, 2.45) is 0 Å². The number of carbonyl (C=O) groups is 1. The van der Waals surface area contributed by atoms with Gasteiger partial charge in [-0.15, -0.1) is 10.1 Å². The van der Waals surface area contributed by atoms with Crippen LogP contribution >= 0.6 is 0 Å². The Balaban J connectivity index is 2.89. The van der Waals surface area contributed by atoms with E-state index in [1.807, 2.05) is 0 Å². The quantitative estimate of drug-likeness (QED) is 0.539. The van der Waals surface area contributed by atoms with Crippen molar-refractivity contribution in [3.8, 4) is 5.75 Å². The van der Waals surface area contributed by atoms with E-state index in [0.29, 0.717) is 0 Å². The monoisotopic (exact) mass is 183 g/mol. The maximum absolute atomic E-state index is 10.9. The highest BCUT2D eigenvalue weighted by Crippen LogP contribution is 2.16. The lowest BCUT2D eigenvalue weighted by Gasteiger charge is -1.99. The van der Waals surface area contributed by atoms with Gasteiger partial charge in [-0.2, -0.15) is 0 Å². The molecule has 0 fully saturated rings. The first-order chi connectivity index (χ1) is 6.11. The zero-order valence-electron chi connectivity index (χ0n) is 6.34. The molecule has 6 heteroatoms. The molecule has 13 heavy (non-hydrogen) atoms. The van der Waals surface area contributed by atoms with Gasteiger partial charge < -0.3 is 5.11 Å². The van der Waals surface area contributed by atoms with Crippen LogP contribution in [0.3, 0.4) is 0 Å². The van der Waals surface area contributed by atoms with E-state index in [1.54, 1.807) is 0 Å². The van der Waals surface area contributed by atoms with Crippen LogP contribution < -0.4 is 0 Å². The summed E-state index contributed by atoms with van der Waals surface area (Å²) in [7, 11) is 0. The predicted octanol–water partition coefficient (Wildman–Crippen LogP) is 0.741. The average molecular weight is 183 g/mol. The van der Waals surface area contributed by atoms with Gasteiger partial charge >= 0.3 is 11.1 Å². The minimum Gasteiger partial charge on any atom is -0.507 e. The molecule has 1 aromatic rings. The van der Waals surface area contributed by atoms with Crippen molar-refractivity contribution in [1.29, 1.82) is 0 Å². The average Bonchev–Trinajstić information content (AvgIpc) is 2.03. The SMILES string of the molecule is O=C(O[N+](=O)[O-])c1ccccc1O. The van der Waals surface area contributed by atoms with Gasteiger partial charge in [-0.3, -0.25) is 4.79 Å². The first-order valence-electron chi connectivity index (χ1n) is 3.26. The molecule has 0 unspecified atom stereocenters. The summed E-state index contributed by atoms with van der Waals surface area (Å²) in [4.78, 5) is 24.3. The summed E-state index contributed by atoms with van der Waals surface area (Å²) in [5.41, 5.74) is -0.237. The summed E-state index contributed by atoms with van der Waals surface area (Å²) >= 11 is 0. The van der Waals surface area contributed by atoms with Crippen LogP contribution in [0.2, 0.25) is 0 Å². The standard InChI is InChI=1S/C7H5NO5/c9-6-4-2-1-3-5(6)7(10)13-8(11)12/h1-4,9H. The fourth-order valence-electron chi connectivity index (χ4n) is 0.763. The number of carbonyl (C=O) groups excluding carboxylic acids is 1. The van der Waals surface area contributed by atoms with E-state index < -0.39 is 11.1 Å². The van der Waals surface area contributed by atoms with Gasteiger partial charge in [0.15, 0.2) is 0 Å². The van der Waals surface area contributed by atoms with Crippen LogP contribution in [0.25, 0.3) is 0 Å². The number of nitrogens with zero attached hydrogens (tertiary/aromatic N) is 1. The van der Waals surface area contributed by atoms with Gasteiger partial charge in [-0.05, 0) is 12.1 Å². The number of phenolic OH excluding ortho intramolecular Hbond substituents is 1. The van der Waals surface area contributed by atoms with E-state index in [4.69, 9.17) is 5.11 Å². The third-order valence-electron chi connectivity index (χ3n) is 1.28. The molecule has 0 spiro atoms. The second-order valence-corrected chi connectivity index (χ2v) is 2.12. The predicted molar refractivity (Wildman–Crippen MR) is 40.5 cm³/mol. The summed E-state index contributed by atoms with van der Waals surface area (Å²) in [6.45, 7) is 0. The van der Waals surface area contributed by atoms with Crippen molar-refractivity contribution < 1.29 is 19.8 Å². The van der Waals surface area contributed by atoms with Crippen LogP contribution in [0.1, 0.15) is 10.4 Å². The lowest BCUT2D eigenvalue weighted by Crippen LogP contribution is -2.10. The molecule has 0 aliphatic rings. The molecular formula is C7H5NO5. The molecule has 1 aromatic carbocycles. The van der Waals surface area contributed by atoms with Crippen LogP contribution in [-0.2, 0) is 4.84 Å². The number of phenols is 1. The van der Waals surface area contributed by atoms with Crippen LogP contribution in [-0.4, -0.2) is 16.2 Å². The van der Waals surface area contributed by atoms with Gasteiger partial charge in [0.1, 0.15) is 5.75 Å². The minimum atomic E-state index is -1.23. The molecule has 0 heterocycles. The van der Waals surface area contributed by atoms with Gasteiger partial charge in [0.05, 0.1) is 5.56 Å². The fourth-order valence-corrected chi connectivity index (χ4v) is 0.763. The molecule has 6 nitrogen and oxygen atoms in total. The molecular weight excluding hydrogens is 178 g/mol. The Morgan fingerprint density at radius 1 is 1.46 bits per heavy atom. The molecule has 1 rings (SSSR count). The summed E-state index contributed by atoms with van der Waals surface area (Å²) in [5.74, 6) is -1.54. The highest BCUT2D eigenvalue weighted by molar-refractivity contribution is 5.91. The van der Waals surface area contributed by atoms with E-state index in [-0.39, 0.29) is 11.3 Å². The van der Waals surface area contributed by atoms with Crippen LogP contribution in [0.15, 0.2) is 24.3 Å². The Morgan fingerprint density at radius 3 is 2.62 bits per heavy atom. The van der Waals surface area contributed by atoms with Crippen molar-refractivity contribution in [1.82, 2.24) is 0 Å². The van der Waals surface area contributed by atoms with Crippen LogP contribution in [0, 0.1) is 10.1 Å². The topological polar surface area (TPSA) is 89.7 Å². The summed E-state index contributed by atoms with van der Waals surface area (Å²) in [5, 5.41) is 17.6. The summed E-state index contributed by atoms with van der Waals surface area (Å²) in [6, 6.07) is 5.40. The Bertz CT molecular complexity index is 348. The molecule has 0 bridgehead atoms. The summed E-state index contributed by atoms with van der Waals surface area (Å²) in [6.07, 6.45) is 0. The van der Waals surface area contributed by atoms with E-state index in [1.165, 1.54) is 24.3 Å². The second kappa shape index (κ2) is 3.53. The number of rotatable bonds is 2. The van der Waals surface area contributed by atoms with Crippen molar-refractivity contribution in [3.05, 3.63) is 39.9 Å². The smallest absolute Gasteiger partial charge is 0.338 e. The number of aromatic hydroxyl groups is 1. The number of hydrogen-bond acceptors (Lipinski definition) is 5. The van der Waals surface area contributed by atoms with Crippen molar-refractivity contribution in [2.75, 3.05) is 0 Å². The van der Waals surface area contributed by atoms with Crippen LogP contribution in [0.4, 0.5) is 0 Å². The lowest BCUT2D eigenvalue weighted by molar-refractivity contribution is -0.727. The first-order valence-corrected chi connectivity index (χ1v) is 3.26. The maximum atomic E-state index is 10.9. The lowest BCUT2D eigenvalue weighted by atomic mass is 10.2. The number of hydrogen-bond donors (Lipinski definition) is 1. The Hall–Kier alpha value is -2.11. The third-order valence-corrected chi connectivity index (χ3v) is 1.28. The molecule has 0 aliphatic heterocycles. The van der Waals surface area contributed by atoms with Crippen molar-refractivity contribution >= 4 is 5.97 Å². The van der Waals surface area contributed by atoms with Gasteiger partial charge in [-0.25, -0.2) is 4.84 Å². The molecule has 0 saturated heterocycles. The van der Waals surface area contributed by atoms with E-state index >= 15 is 0 Å². The minimum absolute atomic E-state index is 0.237. The van der Waals surface area contributed by atoms with E-state index in [9.17, 15) is 14.9 Å². The maximum Gasteiger partial charge on any atom is 0.338 e. The molecule has 0 radical (unpaired) electrons. The van der Waals surface area contributed by atoms with Crippen molar-refractivity contribution in [3.63, 3.8) is 0 Å². The van der Waals surface area contributed by atoms with Gasteiger partial charge in [-0.1, -0.05) is 12.1 Å². The largest absolute Gasteiger partial charge is 0.507 e. The van der Waals surface area contributed by atoms with E-state index in [2.05, 4.69) is 4.84 Å². The van der Waals surface area contributed by atoms with E-state index in [0.717, 1.165) is 0 Å². The fraction of sp³-hybridized carbons (Fsp3) is 0. The van der Waals surface area contributed by atoms with Crippen molar-refractivity contribution in [2.45, 2.75) is 0 Å². The Kier molecular flexibility index (Phi) is 2.44. The molecule has 0 amide bonds. The second-order valence-electron chi connectivity index (χ2n) is 2.12.